The summed E-state index contributed by atoms with van der Waals surface area (Å²) in [6.07, 6.45) is -0.929. The van der Waals surface area contributed by atoms with E-state index in [-0.39, 0.29) is 0 Å². The van der Waals surface area contributed by atoms with Crippen LogP contribution in [0.4, 0.5) is 0 Å². The zero-order valence-electron chi connectivity index (χ0n) is 4.65. The van der Waals surface area contributed by atoms with Gasteiger partial charge in [0, 0.05) is 0 Å². The number of hydrogen-bond acceptors (Lipinski definition) is 4. The Bertz CT molecular complexity index is 90.2. The van der Waals surface area contributed by atoms with E-state index in [9.17, 15) is 4.57 Å². The Morgan fingerprint density at radius 2 is 1.89 bits per heavy atom. The summed E-state index contributed by atoms with van der Waals surface area (Å²) in [4.78, 5) is 8.09. The van der Waals surface area contributed by atoms with Crippen LogP contribution >= 0.6 is 8.25 Å². The highest BCUT2D eigenvalue weighted by Crippen LogP contribution is 2.16. The Morgan fingerprint density at radius 1 is 1.44 bits per heavy atom. The molecular formula is C3H9O5P. The molecule has 0 aliphatic carbocycles. The van der Waals surface area contributed by atoms with Crippen molar-refractivity contribution in [2.24, 2.45) is 0 Å². The molecule has 56 valence electrons. The maximum absolute atomic E-state index is 9.87. The molecule has 0 aliphatic rings. The number of rotatable bonds is 4. The van der Waals surface area contributed by atoms with Crippen LogP contribution in [-0.4, -0.2) is 34.4 Å². The summed E-state index contributed by atoms with van der Waals surface area (Å²) in [5.74, 6) is 0. The first-order valence-electron chi connectivity index (χ1n) is 2.32. The third-order valence-corrected chi connectivity index (χ3v) is 1.21. The van der Waals surface area contributed by atoms with Crippen molar-refractivity contribution in [2.45, 2.75) is 6.10 Å². The quantitative estimate of drug-likeness (QED) is 0.442. The highest BCUT2D eigenvalue weighted by atomic mass is 31.1. The third-order valence-electron chi connectivity index (χ3n) is 0.675. The molecule has 0 spiro atoms. The molecule has 0 bridgehead atoms. The molecule has 1 unspecified atom stereocenters. The van der Waals surface area contributed by atoms with Gasteiger partial charge >= 0.3 is 8.25 Å². The Kier molecular flexibility index (Phi) is 4.94. The molecule has 0 aromatic carbocycles. The van der Waals surface area contributed by atoms with Gasteiger partial charge in [0.1, 0.15) is 6.10 Å². The van der Waals surface area contributed by atoms with Crippen LogP contribution in [-0.2, 0) is 9.09 Å². The van der Waals surface area contributed by atoms with Gasteiger partial charge in [-0.1, -0.05) is 0 Å². The summed E-state index contributed by atoms with van der Waals surface area (Å²) in [5.41, 5.74) is 0. The van der Waals surface area contributed by atoms with Crippen molar-refractivity contribution in [3.63, 3.8) is 0 Å². The van der Waals surface area contributed by atoms with E-state index < -0.39 is 27.6 Å². The van der Waals surface area contributed by atoms with E-state index in [1.807, 2.05) is 0 Å². The van der Waals surface area contributed by atoms with Gasteiger partial charge in [-0.05, 0) is 0 Å². The molecule has 0 fully saturated rings. The second-order valence-corrected chi connectivity index (χ2v) is 2.14. The van der Waals surface area contributed by atoms with Gasteiger partial charge in [0.25, 0.3) is 0 Å². The summed E-state index contributed by atoms with van der Waals surface area (Å²) in [6.45, 7) is -0.902. The zero-order valence-corrected chi connectivity index (χ0v) is 5.65. The molecule has 3 N–H and O–H groups in total. The van der Waals surface area contributed by atoms with Crippen LogP contribution in [0.3, 0.4) is 0 Å². The van der Waals surface area contributed by atoms with Gasteiger partial charge in [0.05, 0.1) is 13.2 Å². The van der Waals surface area contributed by atoms with E-state index in [1.54, 1.807) is 0 Å². The lowest BCUT2D eigenvalue weighted by Gasteiger charge is -2.07. The third kappa shape index (κ3) is 4.57. The number of hydrogen-bond donors (Lipinski definition) is 3. The lowest BCUT2D eigenvalue weighted by molar-refractivity contribution is 0.0603. The fourth-order valence-electron chi connectivity index (χ4n) is 0.275. The molecule has 0 saturated heterocycles. The first kappa shape index (κ1) is 9.07. The van der Waals surface area contributed by atoms with Gasteiger partial charge in [-0.15, -0.1) is 0 Å². The molecule has 0 aliphatic heterocycles. The fraction of sp³-hybridized carbons (Fsp3) is 1.00. The predicted molar refractivity (Wildman–Crippen MR) is 30.3 cm³/mol. The van der Waals surface area contributed by atoms with E-state index >= 15 is 0 Å². The summed E-state index contributed by atoms with van der Waals surface area (Å²) < 4.78 is 14.0. The lowest BCUT2D eigenvalue weighted by Crippen LogP contribution is -2.18. The van der Waals surface area contributed by atoms with Crippen molar-refractivity contribution in [3.05, 3.63) is 0 Å². The summed E-state index contributed by atoms with van der Waals surface area (Å²) >= 11 is 0. The predicted octanol–water partition coefficient (Wildman–Crippen LogP) is -1.26. The zero-order chi connectivity index (χ0) is 7.28. The van der Waals surface area contributed by atoms with Crippen LogP contribution in [0, 0.1) is 0 Å². The van der Waals surface area contributed by atoms with E-state index in [4.69, 9.17) is 15.1 Å². The topological polar surface area (TPSA) is 87.0 Å². The standard InChI is InChI=1S/C3H9O5P/c4-1-3(2-5)8-9(6)7/h3-5,9H,1-2H2,(H,6,7). The second-order valence-electron chi connectivity index (χ2n) is 1.37. The average Bonchev–Trinajstić information content (AvgIpc) is 1.82. The normalized spacial score (nSPS) is 14.2. The maximum Gasteiger partial charge on any atom is 0.317 e. The molecule has 6 heteroatoms. The fourth-order valence-corrected chi connectivity index (χ4v) is 0.709. The molecule has 0 aromatic rings. The monoisotopic (exact) mass is 156 g/mol. The average molecular weight is 156 g/mol. The minimum Gasteiger partial charge on any atom is -0.394 e. The van der Waals surface area contributed by atoms with Crippen molar-refractivity contribution in [3.8, 4) is 0 Å². The number of aliphatic hydroxyl groups excluding tert-OH is 2. The molecule has 1 atom stereocenters. The molecule has 0 aromatic heterocycles. The Labute approximate surface area is 52.8 Å². The summed E-state index contributed by atoms with van der Waals surface area (Å²) in [5, 5.41) is 16.5. The lowest BCUT2D eigenvalue weighted by atomic mass is 10.4. The molecule has 9 heavy (non-hydrogen) atoms. The largest absolute Gasteiger partial charge is 0.394 e. The SMILES string of the molecule is O=[PH](O)OC(CO)CO. The Balaban J connectivity index is 3.43. The molecule has 0 heterocycles. The van der Waals surface area contributed by atoms with Crippen LogP contribution in [0.1, 0.15) is 0 Å². The van der Waals surface area contributed by atoms with Gasteiger partial charge in [-0.3, -0.25) is 4.57 Å². The van der Waals surface area contributed by atoms with Gasteiger partial charge in [-0.2, -0.15) is 0 Å². The van der Waals surface area contributed by atoms with Crippen molar-refractivity contribution in [1.82, 2.24) is 0 Å². The molecule has 0 rings (SSSR count). The van der Waals surface area contributed by atoms with Crippen LogP contribution in [0.25, 0.3) is 0 Å². The second kappa shape index (κ2) is 4.90. The maximum atomic E-state index is 9.87. The minimum absolute atomic E-state index is 0.451. The highest BCUT2D eigenvalue weighted by molar-refractivity contribution is 7.32. The van der Waals surface area contributed by atoms with Crippen molar-refractivity contribution in [2.75, 3.05) is 13.2 Å². The van der Waals surface area contributed by atoms with Crippen molar-refractivity contribution < 1.29 is 24.2 Å². The van der Waals surface area contributed by atoms with Gasteiger partial charge < -0.3 is 19.6 Å². The highest BCUT2D eigenvalue weighted by Gasteiger charge is 2.07. The Morgan fingerprint density at radius 3 is 2.00 bits per heavy atom. The first-order valence-corrected chi connectivity index (χ1v) is 3.58. The van der Waals surface area contributed by atoms with Crippen LogP contribution < -0.4 is 0 Å². The van der Waals surface area contributed by atoms with E-state index in [0.717, 1.165) is 0 Å². The molecule has 0 radical (unpaired) electrons. The molecule has 5 nitrogen and oxygen atoms in total. The van der Waals surface area contributed by atoms with E-state index in [1.165, 1.54) is 0 Å². The number of aliphatic hydroxyl groups is 2. The smallest absolute Gasteiger partial charge is 0.317 e. The van der Waals surface area contributed by atoms with Gasteiger partial charge in [0.15, 0.2) is 0 Å². The van der Waals surface area contributed by atoms with Crippen LogP contribution in [0.2, 0.25) is 0 Å². The van der Waals surface area contributed by atoms with Crippen LogP contribution in [0.5, 0.6) is 0 Å². The van der Waals surface area contributed by atoms with Crippen molar-refractivity contribution >= 4 is 8.25 Å². The summed E-state index contributed by atoms with van der Waals surface area (Å²) in [7, 11) is -3.03. The Hall–Kier alpha value is 0.0700. The van der Waals surface area contributed by atoms with Gasteiger partial charge in [-0.25, -0.2) is 0 Å². The van der Waals surface area contributed by atoms with E-state index in [2.05, 4.69) is 4.52 Å². The molecule has 0 saturated carbocycles. The molecular weight excluding hydrogens is 147 g/mol. The van der Waals surface area contributed by atoms with E-state index in [0.29, 0.717) is 0 Å². The minimum atomic E-state index is -3.03. The van der Waals surface area contributed by atoms with Crippen molar-refractivity contribution in [1.29, 1.82) is 0 Å². The first-order chi connectivity index (χ1) is 4.20. The molecule has 0 amide bonds. The van der Waals surface area contributed by atoms with Gasteiger partial charge in [0.2, 0.25) is 0 Å². The van der Waals surface area contributed by atoms with Crippen LogP contribution in [0.15, 0.2) is 0 Å². The summed E-state index contributed by atoms with van der Waals surface area (Å²) in [6, 6.07) is 0.